The molecule has 90 valence electrons. The van der Waals surface area contributed by atoms with Crippen LogP contribution in [0.25, 0.3) is 0 Å². The molecule has 1 aliphatic heterocycles. The topological polar surface area (TPSA) is 84.3 Å². The normalized spacial score (nSPS) is 15.1. The van der Waals surface area contributed by atoms with E-state index in [0.717, 1.165) is 12.1 Å². The summed E-state index contributed by atoms with van der Waals surface area (Å²) in [6.07, 6.45) is 0. The van der Waals surface area contributed by atoms with Crippen LogP contribution < -0.4 is 10.6 Å². The molecule has 0 aromatic heterocycles. The number of carbonyl (C=O) groups excluding carboxylic acids is 1. The van der Waals surface area contributed by atoms with Crippen molar-refractivity contribution in [1.82, 2.24) is 5.32 Å². The summed E-state index contributed by atoms with van der Waals surface area (Å²) in [5.74, 6) is -1.47. The number of amides is 1. The van der Waals surface area contributed by atoms with Gasteiger partial charge in [0.25, 0.3) is 5.69 Å². The van der Waals surface area contributed by atoms with E-state index in [1.54, 1.807) is 0 Å². The van der Waals surface area contributed by atoms with E-state index in [-0.39, 0.29) is 11.6 Å². The summed E-state index contributed by atoms with van der Waals surface area (Å²) in [5.41, 5.74) is -0.806. The molecule has 0 aliphatic carbocycles. The minimum absolute atomic E-state index is 0.255. The van der Waals surface area contributed by atoms with Crippen molar-refractivity contribution in [3.05, 3.63) is 34.1 Å². The van der Waals surface area contributed by atoms with E-state index in [4.69, 9.17) is 0 Å². The highest BCUT2D eigenvalue weighted by Gasteiger charge is 2.28. The summed E-state index contributed by atoms with van der Waals surface area (Å²) >= 11 is 0. The van der Waals surface area contributed by atoms with Crippen LogP contribution >= 0.6 is 0 Å². The third-order valence-corrected chi connectivity index (χ3v) is 2.59. The van der Waals surface area contributed by atoms with Gasteiger partial charge in [0.15, 0.2) is 11.5 Å². The number of benzene rings is 1. The highest BCUT2D eigenvalue weighted by atomic mass is 19.1. The average molecular weight is 239 g/mol. The zero-order chi connectivity index (χ0) is 12.4. The SMILES string of the molecule is O=C(Nc1c(F)cccc1[N+](=O)[O-])C1CNC1. The largest absolute Gasteiger partial charge is 0.318 e. The lowest BCUT2D eigenvalue weighted by Crippen LogP contribution is -2.48. The Morgan fingerprint density at radius 2 is 2.24 bits per heavy atom. The van der Waals surface area contributed by atoms with Crippen LogP contribution in [-0.2, 0) is 4.79 Å². The van der Waals surface area contributed by atoms with Crippen LogP contribution in [0.2, 0.25) is 0 Å². The first-order valence-electron chi connectivity index (χ1n) is 5.04. The number of nitro benzene ring substituents is 1. The van der Waals surface area contributed by atoms with E-state index in [2.05, 4.69) is 10.6 Å². The molecule has 2 N–H and O–H groups in total. The highest BCUT2D eigenvalue weighted by Crippen LogP contribution is 2.27. The van der Waals surface area contributed by atoms with E-state index in [0.29, 0.717) is 13.1 Å². The van der Waals surface area contributed by atoms with E-state index >= 15 is 0 Å². The van der Waals surface area contributed by atoms with Gasteiger partial charge in [-0.1, -0.05) is 6.07 Å². The van der Waals surface area contributed by atoms with Crippen molar-refractivity contribution in [2.24, 2.45) is 5.92 Å². The number of hydrogen-bond donors (Lipinski definition) is 2. The Hall–Kier alpha value is -2.02. The Kier molecular flexibility index (Phi) is 3.01. The van der Waals surface area contributed by atoms with Gasteiger partial charge in [-0.05, 0) is 6.07 Å². The second-order valence-corrected chi connectivity index (χ2v) is 3.74. The van der Waals surface area contributed by atoms with Crippen molar-refractivity contribution in [2.75, 3.05) is 18.4 Å². The molecule has 1 fully saturated rings. The molecule has 0 bridgehead atoms. The molecule has 1 aromatic rings. The van der Waals surface area contributed by atoms with Crippen LogP contribution in [-0.4, -0.2) is 23.9 Å². The minimum Gasteiger partial charge on any atom is -0.318 e. The standard InChI is InChI=1S/C10H10FN3O3/c11-7-2-1-3-8(14(16)17)9(7)13-10(15)6-4-12-5-6/h1-3,6,12H,4-5H2,(H,13,15). The number of carbonyl (C=O) groups is 1. The molecule has 2 rings (SSSR count). The maximum Gasteiger partial charge on any atom is 0.295 e. The van der Waals surface area contributed by atoms with Crippen LogP contribution in [0, 0.1) is 21.8 Å². The van der Waals surface area contributed by atoms with E-state index in [9.17, 15) is 19.3 Å². The Morgan fingerprint density at radius 3 is 2.76 bits per heavy atom. The van der Waals surface area contributed by atoms with Crippen LogP contribution in [0.15, 0.2) is 18.2 Å². The fourth-order valence-electron chi connectivity index (χ4n) is 1.49. The van der Waals surface area contributed by atoms with Crippen molar-refractivity contribution >= 4 is 17.3 Å². The van der Waals surface area contributed by atoms with Gasteiger partial charge >= 0.3 is 0 Å². The quantitative estimate of drug-likeness (QED) is 0.606. The summed E-state index contributed by atoms with van der Waals surface area (Å²) in [5, 5.41) is 15.8. The molecule has 6 nitrogen and oxygen atoms in total. The molecule has 0 saturated carbocycles. The Balaban J connectivity index is 2.24. The maximum atomic E-state index is 13.4. The number of nitrogens with one attached hydrogen (secondary N) is 2. The third-order valence-electron chi connectivity index (χ3n) is 2.59. The van der Waals surface area contributed by atoms with Crippen LogP contribution in [0.4, 0.5) is 15.8 Å². The first-order valence-corrected chi connectivity index (χ1v) is 5.04. The molecule has 1 aromatic carbocycles. The van der Waals surface area contributed by atoms with Crippen LogP contribution in [0.1, 0.15) is 0 Å². The molecule has 0 spiro atoms. The molecule has 1 aliphatic rings. The molecule has 0 radical (unpaired) electrons. The number of halogens is 1. The van der Waals surface area contributed by atoms with Gasteiger partial charge in [-0.2, -0.15) is 0 Å². The monoisotopic (exact) mass is 239 g/mol. The molecule has 7 heteroatoms. The molecular weight excluding hydrogens is 229 g/mol. The van der Waals surface area contributed by atoms with E-state index in [1.807, 2.05) is 0 Å². The van der Waals surface area contributed by atoms with Crippen molar-refractivity contribution in [3.8, 4) is 0 Å². The summed E-state index contributed by atoms with van der Waals surface area (Å²) in [6.45, 7) is 1.02. The second-order valence-electron chi connectivity index (χ2n) is 3.74. The number of hydrogen-bond acceptors (Lipinski definition) is 4. The molecule has 1 saturated heterocycles. The number of rotatable bonds is 3. The lowest BCUT2D eigenvalue weighted by Gasteiger charge is -2.25. The summed E-state index contributed by atoms with van der Waals surface area (Å²) in [6, 6.07) is 3.45. The predicted molar refractivity (Wildman–Crippen MR) is 58.0 cm³/mol. The van der Waals surface area contributed by atoms with E-state index in [1.165, 1.54) is 6.07 Å². The van der Waals surface area contributed by atoms with Crippen molar-refractivity contribution in [1.29, 1.82) is 0 Å². The average Bonchev–Trinajstić information content (AvgIpc) is 2.17. The first kappa shape index (κ1) is 11.5. The maximum absolute atomic E-state index is 13.4. The van der Waals surface area contributed by atoms with Crippen molar-refractivity contribution in [3.63, 3.8) is 0 Å². The number of nitro groups is 1. The predicted octanol–water partition coefficient (Wildman–Crippen LogP) is 0.892. The zero-order valence-corrected chi connectivity index (χ0v) is 8.77. The van der Waals surface area contributed by atoms with Crippen LogP contribution in [0.5, 0.6) is 0 Å². The van der Waals surface area contributed by atoms with Gasteiger partial charge in [0.05, 0.1) is 10.8 Å². The summed E-state index contributed by atoms with van der Waals surface area (Å²) < 4.78 is 13.4. The van der Waals surface area contributed by atoms with Gasteiger partial charge in [0.1, 0.15) is 0 Å². The number of anilines is 1. The van der Waals surface area contributed by atoms with Crippen molar-refractivity contribution in [2.45, 2.75) is 0 Å². The Bertz CT molecular complexity index is 474. The zero-order valence-electron chi connectivity index (χ0n) is 8.77. The third kappa shape index (κ3) is 2.23. The fraction of sp³-hybridized carbons (Fsp3) is 0.300. The lowest BCUT2D eigenvalue weighted by atomic mass is 10.0. The van der Waals surface area contributed by atoms with Crippen LogP contribution in [0.3, 0.4) is 0 Å². The van der Waals surface area contributed by atoms with Gasteiger partial charge in [0, 0.05) is 19.2 Å². The summed E-state index contributed by atoms with van der Waals surface area (Å²) in [4.78, 5) is 21.5. The molecule has 1 heterocycles. The second kappa shape index (κ2) is 4.46. The Morgan fingerprint density at radius 1 is 1.53 bits per heavy atom. The Labute approximate surface area is 96.0 Å². The molecule has 1 amide bonds. The molecule has 0 unspecified atom stereocenters. The van der Waals surface area contributed by atoms with Gasteiger partial charge in [-0.15, -0.1) is 0 Å². The van der Waals surface area contributed by atoms with Gasteiger partial charge in [-0.25, -0.2) is 4.39 Å². The van der Waals surface area contributed by atoms with Gasteiger partial charge in [0.2, 0.25) is 5.91 Å². The summed E-state index contributed by atoms with van der Waals surface area (Å²) in [7, 11) is 0. The minimum atomic E-state index is -0.806. The molecule has 17 heavy (non-hydrogen) atoms. The highest BCUT2D eigenvalue weighted by molar-refractivity contribution is 5.95. The fourth-order valence-corrected chi connectivity index (χ4v) is 1.49. The van der Waals surface area contributed by atoms with E-state index < -0.39 is 22.3 Å². The molecular formula is C10H10FN3O3. The number of para-hydroxylation sites is 1. The van der Waals surface area contributed by atoms with Gasteiger partial charge < -0.3 is 10.6 Å². The lowest BCUT2D eigenvalue weighted by molar-refractivity contribution is -0.384. The smallest absolute Gasteiger partial charge is 0.295 e. The first-order chi connectivity index (χ1) is 8.09. The van der Waals surface area contributed by atoms with Gasteiger partial charge in [-0.3, -0.25) is 14.9 Å². The molecule has 0 atom stereocenters. The van der Waals surface area contributed by atoms with Crippen molar-refractivity contribution < 1.29 is 14.1 Å². The number of nitrogens with zero attached hydrogens (tertiary/aromatic N) is 1.